The average molecular weight is 252 g/mol. The molecule has 4 heteroatoms. The summed E-state index contributed by atoms with van der Waals surface area (Å²) in [5.74, 6) is 0.550. The molecule has 0 radical (unpaired) electrons. The molecule has 1 aliphatic carbocycles. The highest BCUT2D eigenvalue weighted by Gasteiger charge is 2.53. The molecule has 2 rings (SSSR count). The SMILES string of the molecule is CCCC(CN)N1C(=O)C2CC(CC)CC2C1=O. The lowest BCUT2D eigenvalue weighted by Gasteiger charge is -2.26. The van der Waals surface area contributed by atoms with Crippen LogP contribution in [0.25, 0.3) is 0 Å². The fourth-order valence-corrected chi connectivity index (χ4v) is 3.53. The summed E-state index contributed by atoms with van der Waals surface area (Å²) in [6.45, 7) is 4.59. The Bertz CT molecular complexity index is 319. The van der Waals surface area contributed by atoms with Gasteiger partial charge >= 0.3 is 0 Å². The first kappa shape index (κ1) is 13.5. The quantitative estimate of drug-likeness (QED) is 0.755. The monoisotopic (exact) mass is 252 g/mol. The standard InChI is InChI=1S/C14H24N2O2/c1-3-5-10(8-15)16-13(17)11-6-9(4-2)7-12(11)14(16)18/h9-12H,3-8,15H2,1-2H3. The molecule has 1 aliphatic heterocycles. The van der Waals surface area contributed by atoms with E-state index in [1.807, 2.05) is 0 Å². The van der Waals surface area contributed by atoms with Crippen molar-refractivity contribution in [1.82, 2.24) is 4.90 Å². The van der Waals surface area contributed by atoms with Gasteiger partial charge in [-0.25, -0.2) is 0 Å². The van der Waals surface area contributed by atoms with Crippen LogP contribution in [0.5, 0.6) is 0 Å². The highest BCUT2D eigenvalue weighted by Crippen LogP contribution is 2.44. The zero-order valence-corrected chi connectivity index (χ0v) is 11.4. The van der Waals surface area contributed by atoms with Gasteiger partial charge in [-0.1, -0.05) is 26.7 Å². The molecule has 0 bridgehead atoms. The van der Waals surface area contributed by atoms with Crippen molar-refractivity contribution in [2.24, 2.45) is 23.5 Å². The number of carbonyl (C=O) groups is 2. The van der Waals surface area contributed by atoms with Crippen LogP contribution in [-0.4, -0.2) is 29.3 Å². The third-order valence-corrected chi connectivity index (χ3v) is 4.61. The molecule has 3 atom stereocenters. The number of imide groups is 1. The van der Waals surface area contributed by atoms with Crippen LogP contribution in [0.4, 0.5) is 0 Å². The van der Waals surface area contributed by atoms with Crippen molar-refractivity contribution in [1.29, 1.82) is 0 Å². The van der Waals surface area contributed by atoms with E-state index in [4.69, 9.17) is 5.73 Å². The zero-order valence-electron chi connectivity index (χ0n) is 11.4. The van der Waals surface area contributed by atoms with Gasteiger partial charge in [0.05, 0.1) is 17.9 Å². The Morgan fingerprint density at radius 1 is 1.22 bits per heavy atom. The number of likely N-dealkylation sites (tertiary alicyclic amines) is 1. The van der Waals surface area contributed by atoms with Crippen molar-refractivity contribution < 1.29 is 9.59 Å². The van der Waals surface area contributed by atoms with Crippen LogP contribution >= 0.6 is 0 Å². The first-order valence-electron chi connectivity index (χ1n) is 7.20. The largest absolute Gasteiger partial charge is 0.328 e. The molecule has 0 aromatic rings. The van der Waals surface area contributed by atoms with E-state index in [2.05, 4.69) is 13.8 Å². The maximum atomic E-state index is 12.4. The summed E-state index contributed by atoms with van der Waals surface area (Å²) in [6.07, 6.45) is 4.64. The van der Waals surface area contributed by atoms with Crippen LogP contribution in [0.2, 0.25) is 0 Å². The maximum Gasteiger partial charge on any atom is 0.233 e. The normalized spacial score (nSPS) is 33.1. The van der Waals surface area contributed by atoms with E-state index in [-0.39, 0.29) is 29.7 Å². The van der Waals surface area contributed by atoms with E-state index in [0.29, 0.717) is 12.5 Å². The number of amides is 2. The molecule has 1 heterocycles. The van der Waals surface area contributed by atoms with E-state index in [0.717, 1.165) is 32.1 Å². The summed E-state index contributed by atoms with van der Waals surface area (Å²) in [6, 6.07) is -0.0827. The molecule has 1 saturated heterocycles. The van der Waals surface area contributed by atoms with Crippen LogP contribution < -0.4 is 5.73 Å². The molecule has 0 spiro atoms. The van der Waals surface area contributed by atoms with Gasteiger partial charge < -0.3 is 5.73 Å². The first-order chi connectivity index (χ1) is 8.63. The molecule has 2 N–H and O–H groups in total. The van der Waals surface area contributed by atoms with E-state index in [9.17, 15) is 9.59 Å². The van der Waals surface area contributed by atoms with Crippen molar-refractivity contribution in [3.8, 4) is 0 Å². The maximum absolute atomic E-state index is 12.4. The third kappa shape index (κ3) is 2.07. The number of hydrogen-bond acceptors (Lipinski definition) is 3. The molecule has 102 valence electrons. The average Bonchev–Trinajstić information content (AvgIpc) is 2.89. The molecule has 2 amide bonds. The Morgan fingerprint density at radius 3 is 2.17 bits per heavy atom. The summed E-state index contributed by atoms with van der Waals surface area (Å²) >= 11 is 0. The lowest BCUT2D eigenvalue weighted by Crippen LogP contribution is -2.45. The lowest BCUT2D eigenvalue weighted by atomic mass is 10.00. The minimum Gasteiger partial charge on any atom is -0.328 e. The zero-order chi connectivity index (χ0) is 13.3. The molecule has 2 aliphatic rings. The van der Waals surface area contributed by atoms with Crippen LogP contribution in [0.3, 0.4) is 0 Å². The number of fused-ring (bicyclic) bond motifs is 1. The van der Waals surface area contributed by atoms with Gasteiger partial charge in [0.25, 0.3) is 0 Å². The van der Waals surface area contributed by atoms with Crippen LogP contribution in [0.1, 0.15) is 46.0 Å². The van der Waals surface area contributed by atoms with E-state index < -0.39 is 0 Å². The summed E-state index contributed by atoms with van der Waals surface area (Å²) in [7, 11) is 0. The Morgan fingerprint density at radius 2 is 1.78 bits per heavy atom. The highest BCUT2D eigenvalue weighted by atomic mass is 16.2. The number of carbonyl (C=O) groups excluding carboxylic acids is 2. The predicted octanol–water partition coefficient (Wildman–Crippen LogP) is 1.53. The lowest BCUT2D eigenvalue weighted by molar-refractivity contribution is -0.143. The van der Waals surface area contributed by atoms with Crippen LogP contribution in [-0.2, 0) is 9.59 Å². The van der Waals surface area contributed by atoms with Gasteiger partial charge in [0.15, 0.2) is 0 Å². The molecular formula is C14H24N2O2. The topological polar surface area (TPSA) is 63.4 Å². The second-order valence-electron chi connectivity index (χ2n) is 5.68. The number of hydrogen-bond donors (Lipinski definition) is 1. The highest BCUT2D eigenvalue weighted by molar-refractivity contribution is 6.05. The molecule has 2 fully saturated rings. The van der Waals surface area contributed by atoms with Crippen molar-refractivity contribution in [2.75, 3.05) is 6.54 Å². The van der Waals surface area contributed by atoms with E-state index in [1.165, 1.54) is 4.90 Å². The molecule has 18 heavy (non-hydrogen) atoms. The van der Waals surface area contributed by atoms with Crippen LogP contribution in [0, 0.1) is 17.8 Å². The van der Waals surface area contributed by atoms with Gasteiger partial charge in [-0.15, -0.1) is 0 Å². The fourth-order valence-electron chi connectivity index (χ4n) is 3.53. The predicted molar refractivity (Wildman–Crippen MR) is 69.6 cm³/mol. The number of rotatable bonds is 5. The molecule has 0 aromatic carbocycles. The van der Waals surface area contributed by atoms with Crippen molar-refractivity contribution in [2.45, 2.75) is 52.0 Å². The summed E-state index contributed by atoms with van der Waals surface area (Å²) in [5, 5.41) is 0. The first-order valence-corrected chi connectivity index (χ1v) is 7.20. The third-order valence-electron chi connectivity index (χ3n) is 4.61. The Labute approximate surface area is 109 Å². The van der Waals surface area contributed by atoms with Gasteiger partial charge in [0.1, 0.15) is 0 Å². The number of nitrogens with zero attached hydrogens (tertiary/aromatic N) is 1. The molecule has 0 aromatic heterocycles. The fraction of sp³-hybridized carbons (Fsp3) is 0.857. The molecule has 1 saturated carbocycles. The van der Waals surface area contributed by atoms with E-state index >= 15 is 0 Å². The Hall–Kier alpha value is -0.900. The Balaban J connectivity index is 2.13. The van der Waals surface area contributed by atoms with E-state index in [1.54, 1.807) is 0 Å². The second kappa shape index (κ2) is 5.39. The van der Waals surface area contributed by atoms with Gasteiger partial charge in [0.2, 0.25) is 11.8 Å². The van der Waals surface area contributed by atoms with Crippen molar-refractivity contribution in [3.63, 3.8) is 0 Å². The van der Waals surface area contributed by atoms with Gasteiger partial charge in [-0.3, -0.25) is 14.5 Å². The number of nitrogens with two attached hydrogens (primary N) is 1. The van der Waals surface area contributed by atoms with Gasteiger partial charge in [0, 0.05) is 6.54 Å². The Kier molecular flexibility index (Phi) is 4.05. The van der Waals surface area contributed by atoms with Crippen LogP contribution in [0.15, 0.2) is 0 Å². The molecule has 4 nitrogen and oxygen atoms in total. The minimum atomic E-state index is -0.0827. The summed E-state index contributed by atoms with van der Waals surface area (Å²) in [5.41, 5.74) is 5.72. The van der Waals surface area contributed by atoms with Gasteiger partial charge in [-0.05, 0) is 25.2 Å². The smallest absolute Gasteiger partial charge is 0.233 e. The molecule has 3 unspecified atom stereocenters. The molecular weight excluding hydrogens is 228 g/mol. The summed E-state index contributed by atoms with van der Waals surface area (Å²) in [4.78, 5) is 26.3. The van der Waals surface area contributed by atoms with Crippen molar-refractivity contribution >= 4 is 11.8 Å². The summed E-state index contributed by atoms with van der Waals surface area (Å²) < 4.78 is 0. The second-order valence-corrected chi connectivity index (χ2v) is 5.68. The van der Waals surface area contributed by atoms with Gasteiger partial charge in [-0.2, -0.15) is 0 Å². The van der Waals surface area contributed by atoms with Crippen molar-refractivity contribution in [3.05, 3.63) is 0 Å². The minimum absolute atomic E-state index is 0.0462.